The highest BCUT2D eigenvalue weighted by atomic mass is 16.6. The molecule has 1 unspecified atom stereocenters. The molecule has 0 bridgehead atoms. The molecule has 0 aromatic carbocycles. The fraction of sp³-hybridized carbons (Fsp3) is 0.696. The number of unbranched alkanes of at least 4 members (excludes halogenated alkanes) is 20. The van der Waals surface area contributed by atoms with Gasteiger partial charge in [-0.3, -0.25) is 14.4 Å². The van der Waals surface area contributed by atoms with Crippen LogP contribution in [-0.2, 0) is 28.6 Å². The number of allylic oxidation sites excluding steroid dienone is 14. The maximum Gasteiger partial charge on any atom is 0.306 e. The van der Waals surface area contributed by atoms with Crippen molar-refractivity contribution in [2.24, 2.45) is 0 Å². The average Bonchev–Trinajstić information content (AvgIpc) is 3.27. The Morgan fingerprint density at radius 3 is 1.13 bits per heavy atom. The molecule has 0 radical (unpaired) electrons. The van der Waals surface area contributed by atoms with Crippen LogP contribution >= 0.6 is 0 Å². The molecular formula is C56H94O6. The summed E-state index contributed by atoms with van der Waals surface area (Å²) in [5.74, 6) is -1.04. The third-order valence-corrected chi connectivity index (χ3v) is 10.6. The first kappa shape index (κ1) is 58.6. The summed E-state index contributed by atoms with van der Waals surface area (Å²) in [4.78, 5) is 37.9. The van der Waals surface area contributed by atoms with Crippen LogP contribution in [0.5, 0.6) is 0 Å². The van der Waals surface area contributed by atoms with Crippen molar-refractivity contribution in [2.75, 3.05) is 13.2 Å². The Balaban J connectivity index is 4.53. The maximum atomic E-state index is 12.8. The highest BCUT2D eigenvalue weighted by Crippen LogP contribution is 2.14. The van der Waals surface area contributed by atoms with Crippen molar-refractivity contribution < 1.29 is 28.6 Å². The van der Waals surface area contributed by atoms with Gasteiger partial charge >= 0.3 is 17.9 Å². The van der Waals surface area contributed by atoms with Crippen molar-refractivity contribution in [3.8, 4) is 0 Å². The number of carbonyl (C=O) groups is 3. The van der Waals surface area contributed by atoms with Gasteiger partial charge in [0.1, 0.15) is 13.2 Å². The zero-order valence-electron chi connectivity index (χ0n) is 40.4. The van der Waals surface area contributed by atoms with E-state index in [4.69, 9.17) is 14.2 Å². The van der Waals surface area contributed by atoms with E-state index in [1.54, 1.807) is 0 Å². The highest BCUT2D eigenvalue weighted by molar-refractivity contribution is 5.71. The second-order valence-electron chi connectivity index (χ2n) is 16.7. The molecule has 0 aliphatic carbocycles. The number of esters is 3. The van der Waals surface area contributed by atoms with Gasteiger partial charge in [0, 0.05) is 19.3 Å². The molecule has 0 heterocycles. The van der Waals surface area contributed by atoms with Gasteiger partial charge in [0.2, 0.25) is 0 Å². The van der Waals surface area contributed by atoms with Crippen LogP contribution in [0.3, 0.4) is 0 Å². The lowest BCUT2D eigenvalue weighted by molar-refractivity contribution is -0.166. The third-order valence-electron chi connectivity index (χ3n) is 10.6. The minimum atomic E-state index is -0.819. The third kappa shape index (κ3) is 47.6. The smallest absolute Gasteiger partial charge is 0.306 e. The summed E-state index contributed by atoms with van der Waals surface area (Å²) in [5, 5.41) is 0. The predicted molar refractivity (Wildman–Crippen MR) is 265 cm³/mol. The normalized spacial score (nSPS) is 12.8. The Bertz CT molecular complexity index is 1220. The molecule has 354 valence electrons. The van der Waals surface area contributed by atoms with E-state index in [0.29, 0.717) is 19.3 Å². The summed E-state index contributed by atoms with van der Waals surface area (Å²) in [6, 6.07) is 0. The van der Waals surface area contributed by atoms with Crippen LogP contribution in [0.1, 0.15) is 233 Å². The van der Waals surface area contributed by atoms with E-state index in [-0.39, 0.29) is 44.0 Å². The van der Waals surface area contributed by atoms with Gasteiger partial charge in [-0.2, -0.15) is 0 Å². The lowest BCUT2D eigenvalue weighted by Crippen LogP contribution is -2.30. The molecule has 1 atom stereocenters. The van der Waals surface area contributed by atoms with Gasteiger partial charge in [0.15, 0.2) is 6.10 Å². The standard InChI is InChI=1S/C56H94O6/c1-4-7-10-13-16-19-22-25-27-28-29-32-34-37-40-43-46-49-55(58)61-52-53(51-60-54(57)48-45-42-39-36-33-30-24-21-18-15-12-9-6-3)62-56(59)50-47-44-41-38-35-31-26-23-20-17-14-11-8-5-2/h7,10,16,19,25,27,29-30,32-33,37,39-40,42,53H,4-6,8-9,11-15,17-18,20-24,26,28,31,34-36,38,41,43-52H2,1-3H3/b10-7-,19-16-,27-25-,32-29-,33-30-,40-37-,42-39-. The summed E-state index contributed by atoms with van der Waals surface area (Å²) >= 11 is 0. The second-order valence-corrected chi connectivity index (χ2v) is 16.7. The predicted octanol–water partition coefficient (Wildman–Crippen LogP) is 16.8. The van der Waals surface area contributed by atoms with Crippen LogP contribution in [-0.4, -0.2) is 37.2 Å². The number of hydrogen-bond donors (Lipinski definition) is 0. The molecule has 0 spiro atoms. The van der Waals surface area contributed by atoms with E-state index in [2.05, 4.69) is 99.8 Å². The zero-order valence-corrected chi connectivity index (χ0v) is 40.4. The van der Waals surface area contributed by atoms with Gasteiger partial charge in [-0.1, -0.05) is 221 Å². The van der Waals surface area contributed by atoms with Gasteiger partial charge in [-0.05, 0) is 77.0 Å². The van der Waals surface area contributed by atoms with Gasteiger partial charge in [-0.25, -0.2) is 0 Å². The summed E-state index contributed by atoms with van der Waals surface area (Å²) in [6.07, 6.45) is 64.4. The number of ether oxygens (including phenoxy) is 3. The molecule has 0 amide bonds. The second kappa shape index (κ2) is 50.2. The SMILES string of the molecule is CC/C=C\C/C=C\C/C=C\C/C=C\C/C=C\CCCC(=O)OCC(COC(=O)CC/C=C\C/C=C\CCCCCCCC)OC(=O)CCCCCCCCCCCCCCCC. The van der Waals surface area contributed by atoms with E-state index < -0.39 is 6.10 Å². The molecule has 6 nitrogen and oxygen atoms in total. The fourth-order valence-electron chi connectivity index (χ4n) is 6.82. The molecule has 0 aliphatic rings. The summed E-state index contributed by atoms with van der Waals surface area (Å²) in [7, 11) is 0. The van der Waals surface area contributed by atoms with E-state index >= 15 is 0 Å². The molecule has 0 aliphatic heterocycles. The summed E-state index contributed by atoms with van der Waals surface area (Å²) in [5.41, 5.74) is 0. The van der Waals surface area contributed by atoms with E-state index in [0.717, 1.165) is 70.6 Å². The van der Waals surface area contributed by atoms with Crippen molar-refractivity contribution in [1.82, 2.24) is 0 Å². The minimum Gasteiger partial charge on any atom is -0.462 e. The van der Waals surface area contributed by atoms with Gasteiger partial charge in [-0.15, -0.1) is 0 Å². The van der Waals surface area contributed by atoms with Gasteiger partial charge in [0.05, 0.1) is 0 Å². The highest BCUT2D eigenvalue weighted by Gasteiger charge is 2.19. The fourth-order valence-corrected chi connectivity index (χ4v) is 6.82. The Hall–Kier alpha value is -3.41. The van der Waals surface area contributed by atoms with Crippen molar-refractivity contribution in [3.05, 3.63) is 85.1 Å². The van der Waals surface area contributed by atoms with Gasteiger partial charge in [0.25, 0.3) is 0 Å². The van der Waals surface area contributed by atoms with E-state index in [9.17, 15) is 14.4 Å². The number of carbonyl (C=O) groups excluding carboxylic acids is 3. The Morgan fingerprint density at radius 1 is 0.339 bits per heavy atom. The molecule has 0 aromatic rings. The molecule has 0 saturated heterocycles. The Morgan fingerprint density at radius 2 is 0.677 bits per heavy atom. The largest absolute Gasteiger partial charge is 0.462 e. The maximum absolute atomic E-state index is 12.8. The van der Waals surface area contributed by atoms with Gasteiger partial charge < -0.3 is 14.2 Å². The molecule has 0 saturated carbocycles. The van der Waals surface area contributed by atoms with Crippen LogP contribution in [0.15, 0.2) is 85.1 Å². The zero-order chi connectivity index (χ0) is 45.1. The van der Waals surface area contributed by atoms with Crippen molar-refractivity contribution in [1.29, 1.82) is 0 Å². The Labute approximate surface area is 382 Å². The monoisotopic (exact) mass is 863 g/mol. The number of rotatable bonds is 45. The van der Waals surface area contributed by atoms with Crippen LogP contribution in [0.2, 0.25) is 0 Å². The average molecular weight is 863 g/mol. The molecule has 0 rings (SSSR count). The molecule has 6 heteroatoms. The number of hydrogen-bond acceptors (Lipinski definition) is 6. The molecule has 0 fully saturated rings. The Kier molecular flexibility index (Phi) is 47.5. The van der Waals surface area contributed by atoms with Crippen LogP contribution in [0.4, 0.5) is 0 Å². The van der Waals surface area contributed by atoms with Crippen LogP contribution in [0, 0.1) is 0 Å². The summed E-state index contributed by atoms with van der Waals surface area (Å²) < 4.78 is 16.7. The topological polar surface area (TPSA) is 78.9 Å². The first-order chi connectivity index (χ1) is 30.5. The first-order valence-corrected chi connectivity index (χ1v) is 25.6. The summed E-state index contributed by atoms with van der Waals surface area (Å²) in [6.45, 7) is 6.41. The van der Waals surface area contributed by atoms with Crippen molar-refractivity contribution in [3.63, 3.8) is 0 Å². The van der Waals surface area contributed by atoms with Crippen LogP contribution in [0.25, 0.3) is 0 Å². The first-order valence-electron chi connectivity index (χ1n) is 25.6. The van der Waals surface area contributed by atoms with Crippen LogP contribution < -0.4 is 0 Å². The molecule has 62 heavy (non-hydrogen) atoms. The molecular weight excluding hydrogens is 769 g/mol. The van der Waals surface area contributed by atoms with E-state index in [1.807, 2.05) is 6.08 Å². The lowest BCUT2D eigenvalue weighted by Gasteiger charge is -2.18. The quantitative estimate of drug-likeness (QED) is 0.0263. The van der Waals surface area contributed by atoms with Crippen molar-refractivity contribution in [2.45, 2.75) is 239 Å². The molecule has 0 aromatic heterocycles. The minimum absolute atomic E-state index is 0.122. The van der Waals surface area contributed by atoms with Crippen molar-refractivity contribution >= 4 is 17.9 Å². The van der Waals surface area contributed by atoms with E-state index in [1.165, 1.54) is 109 Å². The molecule has 0 N–H and O–H groups in total. The lowest BCUT2D eigenvalue weighted by atomic mass is 10.0.